The van der Waals surface area contributed by atoms with Crippen molar-refractivity contribution in [1.82, 2.24) is 0 Å². The van der Waals surface area contributed by atoms with E-state index in [0.717, 1.165) is 5.56 Å². The van der Waals surface area contributed by atoms with Crippen LogP contribution in [0.5, 0.6) is 0 Å². The van der Waals surface area contributed by atoms with Gasteiger partial charge in [0.05, 0.1) is 5.33 Å². The molecule has 0 saturated carbocycles. The van der Waals surface area contributed by atoms with Gasteiger partial charge >= 0.3 is 0 Å². The van der Waals surface area contributed by atoms with E-state index in [-0.39, 0.29) is 0 Å². The van der Waals surface area contributed by atoms with E-state index in [2.05, 4.69) is 39.6 Å². The smallest absolute Gasteiger partial charge is 0.0655 e. The first-order chi connectivity index (χ1) is 5.93. The Morgan fingerprint density at radius 1 is 1.08 bits per heavy atom. The van der Waals surface area contributed by atoms with Crippen molar-refractivity contribution in [2.24, 2.45) is 0 Å². The number of hydrogen-bond acceptors (Lipinski definition) is 0. The molecular formula is C11H7Br. The third kappa shape index (κ3) is 3.28. The standard InChI is InChI=1S/C11H7Br/c12-10-6-2-5-9-11-7-3-1-4-8-11/h1,3-4,7-8H,10H2. The van der Waals surface area contributed by atoms with Gasteiger partial charge in [-0.2, -0.15) is 0 Å². The summed E-state index contributed by atoms with van der Waals surface area (Å²) in [7, 11) is 0. The minimum Gasteiger partial charge on any atom is -0.0786 e. The normalized spacial score (nSPS) is 7.42. The van der Waals surface area contributed by atoms with Crippen molar-refractivity contribution in [3.05, 3.63) is 35.9 Å². The van der Waals surface area contributed by atoms with E-state index in [1.54, 1.807) is 0 Å². The van der Waals surface area contributed by atoms with Gasteiger partial charge in [-0.1, -0.05) is 46.0 Å². The van der Waals surface area contributed by atoms with Gasteiger partial charge in [0.2, 0.25) is 0 Å². The molecule has 0 aliphatic rings. The number of hydrogen-bond donors (Lipinski definition) is 0. The molecule has 1 aromatic carbocycles. The van der Waals surface area contributed by atoms with Crippen LogP contribution in [0.4, 0.5) is 0 Å². The number of alkyl halides is 1. The summed E-state index contributed by atoms with van der Waals surface area (Å²) in [5.74, 6) is 11.2. The minimum absolute atomic E-state index is 0.677. The molecule has 0 unspecified atom stereocenters. The lowest BCUT2D eigenvalue weighted by atomic mass is 10.2. The van der Waals surface area contributed by atoms with E-state index in [4.69, 9.17) is 0 Å². The molecule has 0 saturated heterocycles. The van der Waals surface area contributed by atoms with Gasteiger partial charge < -0.3 is 0 Å². The van der Waals surface area contributed by atoms with Crippen LogP contribution in [-0.2, 0) is 0 Å². The molecule has 0 spiro atoms. The molecule has 0 amide bonds. The maximum absolute atomic E-state index is 3.19. The highest BCUT2D eigenvalue weighted by atomic mass is 79.9. The maximum atomic E-state index is 3.19. The van der Waals surface area contributed by atoms with Crippen LogP contribution < -0.4 is 0 Å². The molecule has 0 bridgehead atoms. The van der Waals surface area contributed by atoms with Gasteiger partial charge in [0, 0.05) is 5.56 Å². The van der Waals surface area contributed by atoms with Gasteiger partial charge in [0.25, 0.3) is 0 Å². The molecule has 0 aromatic heterocycles. The van der Waals surface area contributed by atoms with Crippen LogP contribution in [0.3, 0.4) is 0 Å². The fourth-order valence-electron chi connectivity index (χ4n) is 0.703. The van der Waals surface area contributed by atoms with Gasteiger partial charge in [-0.15, -0.1) is 0 Å². The van der Waals surface area contributed by atoms with Gasteiger partial charge in [-0.25, -0.2) is 0 Å². The zero-order valence-electron chi connectivity index (χ0n) is 6.47. The van der Waals surface area contributed by atoms with Crippen molar-refractivity contribution in [2.75, 3.05) is 5.33 Å². The van der Waals surface area contributed by atoms with Crippen molar-refractivity contribution < 1.29 is 0 Å². The Kier molecular flexibility index (Phi) is 4.06. The van der Waals surface area contributed by atoms with E-state index in [1.807, 2.05) is 30.3 Å². The quantitative estimate of drug-likeness (QED) is 0.464. The topological polar surface area (TPSA) is 0 Å². The van der Waals surface area contributed by atoms with Crippen LogP contribution in [0.15, 0.2) is 30.3 Å². The largest absolute Gasteiger partial charge is 0.0786 e. The molecule has 0 atom stereocenters. The van der Waals surface area contributed by atoms with Crippen LogP contribution >= 0.6 is 15.9 Å². The fraction of sp³-hybridized carbons (Fsp3) is 0.0909. The summed E-state index contributed by atoms with van der Waals surface area (Å²) in [6, 6.07) is 9.81. The number of benzene rings is 1. The van der Waals surface area contributed by atoms with Crippen LogP contribution in [-0.4, -0.2) is 5.33 Å². The van der Waals surface area contributed by atoms with Crippen LogP contribution in [0, 0.1) is 23.7 Å². The molecule has 0 aliphatic carbocycles. The van der Waals surface area contributed by atoms with E-state index < -0.39 is 0 Å². The highest BCUT2D eigenvalue weighted by Crippen LogP contribution is 1.93. The molecule has 0 N–H and O–H groups in total. The first-order valence-corrected chi connectivity index (χ1v) is 4.65. The predicted octanol–water partition coefficient (Wildman–Crippen LogP) is 2.44. The van der Waals surface area contributed by atoms with Gasteiger partial charge in [-0.05, 0) is 24.0 Å². The predicted molar refractivity (Wildman–Crippen MR) is 54.9 cm³/mol. The summed E-state index contributed by atoms with van der Waals surface area (Å²) in [5, 5.41) is 0.677. The Labute approximate surface area is 81.1 Å². The second-order valence-electron chi connectivity index (χ2n) is 2.05. The van der Waals surface area contributed by atoms with E-state index in [0.29, 0.717) is 5.33 Å². The SMILES string of the molecule is BrCC#CC#Cc1ccccc1. The summed E-state index contributed by atoms with van der Waals surface area (Å²) < 4.78 is 0. The third-order valence-electron chi connectivity index (χ3n) is 1.20. The van der Waals surface area contributed by atoms with Gasteiger partial charge in [0.1, 0.15) is 0 Å². The summed E-state index contributed by atoms with van der Waals surface area (Å²) >= 11 is 3.19. The van der Waals surface area contributed by atoms with Gasteiger partial charge in [0.15, 0.2) is 0 Å². The Hall–Kier alpha value is -1.18. The molecule has 1 heteroatoms. The molecule has 0 aliphatic heterocycles. The Morgan fingerprint density at radius 3 is 2.50 bits per heavy atom. The first-order valence-electron chi connectivity index (χ1n) is 3.53. The minimum atomic E-state index is 0.677. The third-order valence-corrected chi connectivity index (χ3v) is 1.48. The molecule has 0 fully saturated rings. The fourth-order valence-corrected chi connectivity index (χ4v) is 0.843. The lowest BCUT2D eigenvalue weighted by Crippen LogP contribution is -1.69. The Bertz CT molecular complexity index is 343. The second-order valence-corrected chi connectivity index (χ2v) is 2.61. The van der Waals surface area contributed by atoms with Crippen LogP contribution in [0.2, 0.25) is 0 Å². The molecular weight excluding hydrogens is 212 g/mol. The van der Waals surface area contributed by atoms with Crippen molar-refractivity contribution in [3.63, 3.8) is 0 Å². The second kappa shape index (κ2) is 5.47. The monoisotopic (exact) mass is 218 g/mol. The summed E-state index contributed by atoms with van der Waals surface area (Å²) in [6.45, 7) is 0. The summed E-state index contributed by atoms with van der Waals surface area (Å²) in [4.78, 5) is 0. The van der Waals surface area contributed by atoms with Crippen molar-refractivity contribution in [2.45, 2.75) is 0 Å². The van der Waals surface area contributed by atoms with Gasteiger partial charge in [-0.3, -0.25) is 0 Å². The lowest BCUT2D eigenvalue weighted by Gasteiger charge is -1.83. The van der Waals surface area contributed by atoms with Crippen LogP contribution in [0.1, 0.15) is 5.56 Å². The zero-order chi connectivity index (χ0) is 8.65. The number of halogens is 1. The summed E-state index contributed by atoms with van der Waals surface area (Å²) in [6.07, 6.45) is 0. The Balaban J connectivity index is 2.67. The molecule has 0 nitrogen and oxygen atoms in total. The average molecular weight is 219 g/mol. The van der Waals surface area contributed by atoms with E-state index >= 15 is 0 Å². The molecule has 12 heavy (non-hydrogen) atoms. The highest BCUT2D eigenvalue weighted by Gasteiger charge is 1.78. The van der Waals surface area contributed by atoms with E-state index in [1.165, 1.54) is 0 Å². The lowest BCUT2D eigenvalue weighted by molar-refractivity contribution is 1.65. The Morgan fingerprint density at radius 2 is 1.83 bits per heavy atom. The molecule has 58 valence electrons. The van der Waals surface area contributed by atoms with Crippen molar-refractivity contribution in [3.8, 4) is 23.7 Å². The van der Waals surface area contributed by atoms with Crippen LogP contribution in [0.25, 0.3) is 0 Å². The molecule has 1 rings (SSSR count). The first kappa shape index (κ1) is 8.91. The maximum Gasteiger partial charge on any atom is 0.0655 e. The molecule has 0 heterocycles. The van der Waals surface area contributed by atoms with Crippen molar-refractivity contribution in [1.29, 1.82) is 0 Å². The molecule has 0 radical (unpaired) electrons. The highest BCUT2D eigenvalue weighted by molar-refractivity contribution is 9.09. The average Bonchev–Trinajstić information content (AvgIpc) is 2.14. The summed E-state index contributed by atoms with van der Waals surface area (Å²) in [5.41, 5.74) is 1.00. The number of rotatable bonds is 0. The zero-order valence-corrected chi connectivity index (χ0v) is 8.06. The van der Waals surface area contributed by atoms with E-state index in [9.17, 15) is 0 Å². The van der Waals surface area contributed by atoms with Crippen molar-refractivity contribution >= 4 is 15.9 Å². The molecule has 1 aromatic rings.